The highest BCUT2D eigenvalue weighted by Crippen LogP contribution is 2.16. The number of hydrogen-bond donors (Lipinski definition) is 0. The predicted octanol–water partition coefficient (Wildman–Crippen LogP) is 2.72. The maximum absolute atomic E-state index is 13.5. The van der Waals surface area contributed by atoms with Crippen molar-refractivity contribution in [3.05, 3.63) is 35.4 Å². The Morgan fingerprint density at radius 2 is 2.05 bits per heavy atom. The summed E-state index contributed by atoms with van der Waals surface area (Å²) in [7, 11) is 1.50. The summed E-state index contributed by atoms with van der Waals surface area (Å²) in [6.45, 7) is 3.56. The second-order valence-corrected chi connectivity index (χ2v) is 4.78. The number of hydrogen-bond acceptors (Lipinski definition) is 2. The number of nitriles is 1. The molecule has 1 atom stereocenters. The minimum absolute atomic E-state index is 0.00977. The molecule has 0 spiro atoms. The molecule has 1 aromatic carbocycles. The Bertz CT molecular complexity index is 509. The van der Waals surface area contributed by atoms with Gasteiger partial charge in [-0.25, -0.2) is 8.78 Å². The Balaban J connectivity index is 2.82. The van der Waals surface area contributed by atoms with E-state index >= 15 is 0 Å². The molecule has 1 aromatic rings. The summed E-state index contributed by atoms with van der Waals surface area (Å²) < 4.78 is 26.2. The Morgan fingerprint density at radius 1 is 1.42 bits per heavy atom. The van der Waals surface area contributed by atoms with Gasteiger partial charge in [0.15, 0.2) is 0 Å². The van der Waals surface area contributed by atoms with Crippen LogP contribution in [0.2, 0.25) is 0 Å². The fraction of sp³-hybridized carbons (Fsp3) is 0.429. The van der Waals surface area contributed by atoms with E-state index in [0.29, 0.717) is 0 Å². The van der Waals surface area contributed by atoms with Gasteiger partial charge in [0.1, 0.15) is 17.6 Å². The molecule has 0 aliphatic rings. The SMILES string of the molecule is CC(C)C(C#N)C(=O)N(C)Cc1ccc(F)cc1F. The molecule has 0 aromatic heterocycles. The minimum Gasteiger partial charge on any atom is -0.340 e. The summed E-state index contributed by atoms with van der Waals surface area (Å²) in [5.74, 6) is -2.59. The molecule has 1 unspecified atom stereocenters. The van der Waals surface area contributed by atoms with Crippen LogP contribution in [0.15, 0.2) is 18.2 Å². The molecule has 0 saturated heterocycles. The van der Waals surface area contributed by atoms with E-state index in [0.717, 1.165) is 12.1 Å². The predicted molar refractivity (Wildman–Crippen MR) is 66.8 cm³/mol. The molecular weight excluding hydrogens is 250 g/mol. The van der Waals surface area contributed by atoms with Crippen LogP contribution in [-0.4, -0.2) is 17.9 Å². The highest BCUT2D eigenvalue weighted by atomic mass is 19.1. The van der Waals surface area contributed by atoms with Gasteiger partial charge in [-0.05, 0) is 12.0 Å². The normalized spacial score (nSPS) is 12.1. The van der Waals surface area contributed by atoms with Crippen LogP contribution in [-0.2, 0) is 11.3 Å². The molecule has 5 heteroatoms. The Kier molecular flexibility index (Phi) is 4.99. The summed E-state index contributed by atoms with van der Waals surface area (Å²) in [4.78, 5) is 13.3. The van der Waals surface area contributed by atoms with Crippen LogP contribution in [0, 0.1) is 34.8 Å². The van der Waals surface area contributed by atoms with Crippen LogP contribution in [0.3, 0.4) is 0 Å². The molecule has 0 heterocycles. The summed E-state index contributed by atoms with van der Waals surface area (Å²) >= 11 is 0. The molecule has 0 bridgehead atoms. The van der Waals surface area contributed by atoms with E-state index in [9.17, 15) is 13.6 Å². The molecule has 1 rings (SSSR count). The van der Waals surface area contributed by atoms with Crippen LogP contribution in [0.1, 0.15) is 19.4 Å². The number of rotatable bonds is 4. The topological polar surface area (TPSA) is 44.1 Å². The number of nitrogens with zero attached hydrogens (tertiary/aromatic N) is 2. The highest BCUT2D eigenvalue weighted by Gasteiger charge is 2.25. The minimum atomic E-state index is -0.756. The van der Waals surface area contributed by atoms with Crippen LogP contribution in [0.5, 0.6) is 0 Å². The quantitative estimate of drug-likeness (QED) is 0.841. The zero-order valence-electron chi connectivity index (χ0n) is 11.2. The second-order valence-electron chi connectivity index (χ2n) is 4.78. The van der Waals surface area contributed by atoms with Gasteiger partial charge < -0.3 is 4.90 Å². The zero-order valence-corrected chi connectivity index (χ0v) is 11.2. The lowest BCUT2D eigenvalue weighted by Gasteiger charge is -2.22. The third kappa shape index (κ3) is 3.75. The first-order valence-corrected chi connectivity index (χ1v) is 5.95. The molecule has 0 aliphatic heterocycles. The molecular formula is C14H16F2N2O. The van der Waals surface area contributed by atoms with Crippen molar-refractivity contribution in [2.24, 2.45) is 11.8 Å². The lowest BCUT2D eigenvalue weighted by molar-refractivity contribution is -0.134. The monoisotopic (exact) mass is 266 g/mol. The molecule has 3 nitrogen and oxygen atoms in total. The van der Waals surface area contributed by atoms with Crippen molar-refractivity contribution >= 4 is 5.91 Å². The van der Waals surface area contributed by atoms with Gasteiger partial charge in [0.2, 0.25) is 5.91 Å². The summed E-state index contributed by atoms with van der Waals surface area (Å²) in [5.41, 5.74) is 0.220. The second kappa shape index (κ2) is 6.28. The molecule has 0 aliphatic carbocycles. The van der Waals surface area contributed by atoms with Gasteiger partial charge in [-0.2, -0.15) is 5.26 Å². The average Bonchev–Trinajstić information content (AvgIpc) is 2.32. The molecule has 0 N–H and O–H groups in total. The van der Waals surface area contributed by atoms with Crippen molar-refractivity contribution < 1.29 is 13.6 Å². The zero-order chi connectivity index (χ0) is 14.6. The fourth-order valence-corrected chi connectivity index (χ4v) is 1.71. The van der Waals surface area contributed by atoms with Crippen molar-refractivity contribution in [1.82, 2.24) is 4.90 Å². The lowest BCUT2D eigenvalue weighted by atomic mass is 9.96. The Labute approximate surface area is 111 Å². The smallest absolute Gasteiger partial charge is 0.240 e. The van der Waals surface area contributed by atoms with E-state index in [2.05, 4.69) is 0 Å². The fourth-order valence-electron chi connectivity index (χ4n) is 1.71. The van der Waals surface area contributed by atoms with Crippen molar-refractivity contribution in [2.75, 3.05) is 7.05 Å². The molecule has 0 fully saturated rings. The summed E-state index contributed by atoms with van der Waals surface area (Å²) in [6.07, 6.45) is 0. The van der Waals surface area contributed by atoms with Crippen LogP contribution in [0.25, 0.3) is 0 Å². The molecule has 102 valence electrons. The van der Waals surface area contributed by atoms with Crippen LogP contribution in [0.4, 0.5) is 8.78 Å². The number of carbonyl (C=O) groups is 1. The van der Waals surface area contributed by atoms with Crippen LogP contribution >= 0.6 is 0 Å². The van der Waals surface area contributed by atoms with E-state index in [4.69, 9.17) is 5.26 Å². The number of carbonyl (C=O) groups excluding carboxylic acids is 1. The summed E-state index contributed by atoms with van der Waals surface area (Å²) in [6, 6.07) is 5.16. The van der Waals surface area contributed by atoms with Crippen molar-refractivity contribution in [2.45, 2.75) is 20.4 Å². The number of amides is 1. The van der Waals surface area contributed by atoms with Gasteiger partial charge in [0.25, 0.3) is 0 Å². The van der Waals surface area contributed by atoms with Crippen LogP contribution < -0.4 is 0 Å². The van der Waals surface area contributed by atoms with Crippen molar-refractivity contribution in [3.8, 4) is 6.07 Å². The number of benzene rings is 1. The molecule has 0 radical (unpaired) electrons. The van der Waals surface area contributed by atoms with Gasteiger partial charge in [0.05, 0.1) is 6.07 Å². The lowest BCUT2D eigenvalue weighted by Crippen LogP contribution is -2.34. The molecule has 0 saturated carbocycles. The highest BCUT2D eigenvalue weighted by molar-refractivity contribution is 5.81. The van der Waals surface area contributed by atoms with E-state index in [1.54, 1.807) is 13.8 Å². The van der Waals surface area contributed by atoms with E-state index in [1.807, 2.05) is 6.07 Å². The standard InChI is InChI=1S/C14H16F2N2O/c1-9(2)12(7-17)14(19)18(3)8-10-4-5-11(15)6-13(10)16/h4-6,9,12H,8H2,1-3H3. The summed E-state index contributed by atoms with van der Waals surface area (Å²) in [5, 5.41) is 8.95. The molecule has 19 heavy (non-hydrogen) atoms. The van der Waals surface area contributed by atoms with E-state index in [-0.39, 0.29) is 23.9 Å². The maximum atomic E-state index is 13.5. The van der Waals surface area contributed by atoms with Gasteiger partial charge in [0, 0.05) is 25.2 Å². The Morgan fingerprint density at radius 3 is 2.53 bits per heavy atom. The van der Waals surface area contributed by atoms with Crippen molar-refractivity contribution in [1.29, 1.82) is 5.26 Å². The van der Waals surface area contributed by atoms with Crippen molar-refractivity contribution in [3.63, 3.8) is 0 Å². The maximum Gasteiger partial charge on any atom is 0.240 e. The first-order valence-electron chi connectivity index (χ1n) is 5.95. The first-order chi connectivity index (χ1) is 8.86. The van der Waals surface area contributed by atoms with Gasteiger partial charge in [-0.15, -0.1) is 0 Å². The first kappa shape index (κ1) is 15.1. The van der Waals surface area contributed by atoms with Gasteiger partial charge >= 0.3 is 0 Å². The molecule has 1 amide bonds. The number of halogens is 2. The Hall–Kier alpha value is -1.96. The van der Waals surface area contributed by atoms with Gasteiger partial charge in [-0.3, -0.25) is 4.79 Å². The van der Waals surface area contributed by atoms with Gasteiger partial charge in [-0.1, -0.05) is 19.9 Å². The van der Waals surface area contributed by atoms with E-state index < -0.39 is 17.6 Å². The largest absolute Gasteiger partial charge is 0.340 e. The third-order valence-corrected chi connectivity index (χ3v) is 2.87. The third-order valence-electron chi connectivity index (χ3n) is 2.87. The van der Waals surface area contributed by atoms with E-state index in [1.165, 1.54) is 18.0 Å². The average molecular weight is 266 g/mol.